The highest BCUT2D eigenvalue weighted by molar-refractivity contribution is 6.24. The molecule has 11 aromatic rings. The molecule has 0 saturated heterocycles. The van der Waals surface area contributed by atoms with Gasteiger partial charge in [-0.3, -0.25) is 0 Å². The Morgan fingerprint density at radius 3 is 1.31 bits per heavy atom. The summed E-state index contributed by atoms with van der Waals surface area (Å²) >= 11 is 0. The molecule has 0 aromatic heterocycles. The second-order valence-electron chi connectivity index (χ2n) is 15.8. The summed E-state index contributed by atoms with van der Waals surface area (Å²) in [6.07, 6.45) is 0. The van der Waals surface area contributed by atoms with E-state index in [2.05, 4.69) is 185 Å². The highest BCUT2D eigenvalue weighted by Crippen LogP contribution is 2.41. The van der Waals surface area contributed by atoms with E-state index in [0.717, 1.165) is 0 Å². The molecule has 0 saturated carbocycles. The van der Waals surface area contributed by atoms with Crippen LogP contribution in [0.15, 0.2) is 164 Å². The molecule has 0 aliphatic heterocycles. The van der Waals surface area contributed by atoms with Crippen LogP contribution in [0.2, 0.25) is 0 Å². The molecule has 0 heterocycles. The molecule has 0 atom stereocenters. The molecule has 0 aliphatic carbocycles. The largest absolute Gasteiger partial charge is 0.0616 e. The molecular weight excluding hydrogens is 625 g/mol. The Morgan fingerprint density at radius 1 is 0.269 bits per heavy atom. The summed E-state index contributed by atoms with van der Waals surface area (Å²) in [6, 6.07) is 62.0. The van der Waals surface area contributed by atoms with Gasteiger partial charge in [0.15, 0.2) is 0 Å². The summed E-state index contributed by atoms with van der Waals surface area (Å²) in [7, 11) is 0. The van der Waals surface area contributed by atoms with Gasteiger partial charge in [0.25, 0.3) is 0 Å². The van der Waals surface area contributed by atoms with Crippen molar-refractivity contribution in [2.24, 2.45) is 0 Å². The first-order valence-electron chi connectivity index (χ1n) is 18.4. The molecule has 0 unspecified atom stereocenters. The maximum absolute atomic E-state index is 2.40. The Morgan fingerprint density at radius 2 is 0.654 bits per heavy atom. The van der Waals surface area contributed by atoms with Gasteiger partial charge in [-0.2, -0.15) is 0 Å². The van der Waals surface area contributed by atoms with Crippen LogP contribution in [0.25, 0.3) is 108 Å². The van der Waals surface area contributed by atoms with Gasteiger partial charge in [0.1, 0.15) is 0 Å². The second kappa shape index (κ2) is 10.6. The molecule has 0 aliphatic rings. The van der Waals surface area contributed by atoms with Crippen molar-refractivity contribution in [1.29, 1.82) is 0 Å². The van der Waals surface area contributed by atoms with Gasteiger partial charge < -0.3 is 0 Å². The van der Waals surface area contributed by atoms with Gasteiger partial charge in [0.2, 0.25) is 0 Å². The average molecular weight is 661 g/mol. The quantitative estimate of drug-likeness (QED) is 0.162. The van der Waals surface area contributed by atoms with Crippen LogP contribution in [0.4, 0.5) is 0 Å². The van der Waals surface area contributed by atoms with Gasteiger partial charge in [0, 0.05) is 0 Å². The van der Waals surface area contributed by atoms with E-state index in [1.807, 2.05) is 0 Å². The van der Waals surface area contributed by atoms with E-state index in [4.69, 9.17) is 0 Å². The minimum absolute atomic E-state index is 0.112. The number of hydrogen-bond acceptors (Lipinski definition) is 0. The average Bonchev–Trinajstić information content (AvgIpc) is 3.18. The van der Waals surface area contributed by atoms with Crippen molar-refractivity contribution in [3.05, 3.63) is 169 Å². The molecule has 0 bridgehead atoms. The van der Waals surface area contributed by atoms with Crippen molar-refractivity contribution in [2.45, 2.75) is 26.2 Å². The van der Waals surface area contributed by atoms with Crippen molar-refractivity contribution in [3.8, 4) is 22.3 Å². The van der Waals surface area contributed by atoms with Crippen LogP contribution in [-0.4, -0.2) is 0 Å². The van der Waals surface area contributed by atoms with Crippen molar-refractivity contribution in [3.63, 3.8) is 0 Å². The lowest BCUT2D eigenvalue weighted by molar-refractivity contribution is 0.591. The minimum atomic E-state index is 0.112. The van der Waals surface area contributed by atoms with Crippen LogP contribution in [-0.2, 0) is 5.41 Å². The standard InChI is InChI=1S/C52H36/c1-52(2,3)43-27-40-16-14-38-25-42(26-39-15-17-41(28-43)51(40)50(38)39)36-12-9-32-10-13-37-24-34(20-21-45(37)48(32)30-36)35-11-8-33-19-22-46-44-7-5-4-6-31(44)18-23-47(46)49(33)29-35/h4-30H,1-3H3. The zero-order chi connectivity index (χ0) is 34.7. The fourth-order valence-electron chi connectivity index (χ4n) is 8.85. The second-order valence-corrected chi connectivity index (χ2v) is 15.8. The lowest BCUT2D eigenvalue weighted by atomic mass is 9.83. The molecule has 0 N–H and O–H groups in total. The highest BCUT2D eigenvalue weighted by Gasteiger charge is 2.18. The first-order valence-corrected chi connectivity index (χ1v) is 18.4. The Labute approximate surface area is 302 Å². The molecule has 0 heteroatoms. The summed E-state index contributed by atoms with van der Waals surface area (Å²) < 4.78 is 0. The normalized spacial score (nSPS) is 12.5. The molecule has 0 radical (unpaired) electrons. The Bertz CT molecular complexity index is 3190. The summed E-state index contributed by atoms with van der Waals surface area (Å²) in [5.74, 6) is 0. The van der Waals surface area contributed by atoms with Crippen LogP contribution in [0.1, 0.15) is 26.3 Å². The Balaban J connectivity index is 1.02. The van der Waals surface area contributed by atoms with Crippen LogP contribution >= 0.6 is 0 Å². The van der Waals surface area contributed by atoms with Crippen molar-refractivity contribution >= 4 is 86.2 Å². The number of benzene rings is 11. The molecule has 0 fully saturated rings. The summed E-state index contributed by atoms with van der Waals surface area (Å²) in [5, 5.41) is 20.9. The van der Waals surface area contributed by atoms with E-state index < -0.39 is 0 Å². The number of hydrogen-bond donors (Lipinski definition) is 0. The molecular formula is C52H36. The van der Waals surface area contributed by atoms with Crippen molar-refractivity contribution in [1.82, 2.24) is 0 Å². The fourth-order valence-corrected chi connectivity index (χ4v) is 8.85. The molecule has 11 aromatic carbocycles. The van der Waals surface area contributed by atoms with Crippen LogP contribution in [0.5, 0.6) is 0 Å². The monoisotopic (exact) mass is 660 g/mol. The first-order chi connectivity index (χ1) is 25.4. The van der Waals surface area contributed by atoms with E-state index in [-0.39, 0.29) is 5.41 Å². The third-order valence-corrected chi connectivity index (χ3v) is 11.6. The molecule has 0 amide bonds. The first kappa shape index (κ1) is 29.5. The van der Waals surface area contributed by atoms with Crippen LogP contribution < -0.4 is 0 Å². The maximum atomic E-state index is 2.40. The van der Waals surface area contributed by atoms with Crippen LogP contribution in [0.3, 0.4) is 0 Å². The zero-order valence-electron chi connectivity index (χ0n) is 29.6. The van der Waals surface area contributed by atoms with E-state index >= 15 is 0 Å². The molecule has 0 spiro atoms. The van der Waals surface area contributed by atoms with Gasteiger partial charge in [-0.1, -0.05) is 154 Å². The van der Waals surface area contributed by atoms with E-state index in [1.54, 1.807) is 0 Å². The SMILES string of the molecule is CC(C)(C)c1cc2ccc3cc(-c4ccc5ccc6cc(-c7ccc8ccc9c%10ccccc%10ccc9c8c7)ccc6c5c4)cc4ccc(c1)c2c34. The third kappa shape index (κ3) is 4.41. The fraction of sp³-hybridized carbons (Fsp3) is 0.0769. The van der Waals surface area contributed by atoms with Gasteiger partial charge in [-0.15, -0.1) is 0 Å². The van der Waals surface area contributed by atoms with E-state index in [1.165, 1.54) is 114 Å². The summed E-state index contributed by atoms with van der Waals surface area (Å²) in [4.78, 5) is 0. The topological polar surface area (TPSA) is 0 Å². The Kier molecular flexibility index (Phi) is 6.03. The van der Waals surface area contributed by atoms with Crippen molar-refractivity contribution < 1.29 is 0 Å². The van der Waals surface area contributed by atoms with Crippen molar-refractivity contribution in [2.75, 3.05) is 0 Å². The number of fused-ring (bicyclic) bond motifs is 8. The summed E-state index contributed by atoms with van der Waals surface area (Å²) in [6.45, 7) is 6.89. The zero-order valence-corrected chi connectivity index (χ0v) is 29.6. The predicted octanol–water partition coefficient (Wildman–Crippen LogP) is 15.0. The number of rotatable bonds is 2. The van der Waals surface area contributed by atoms with Gasteiger partial charge in [0.05, 0.1) is 0 Å². The molecule has 244 valence electrons. The predicted molar refractivity (Wildman–Crippen MR) is 227 cm³/mol. The lowest BCUT2D eigenvalue weighted by Gasteiger charge is -2.21. The van der Waals surface area contributed by atoms with Gasteiger partial charge in [-0.05, 0) is 150 Å². The molecule has 0 nitrogen and oxygen atoms in total. The van der Waals surface area contributed by atoms with Gasteiger partial charge in [-0.25, -0.2) is 0 Å². The van der Waals surface area contributed by atoms with Gasteiger partial charge >= 0.3 is 0 Å². The smallest absolute Gasteiger partial charge is 0.00264 e. The van der Waals surface area contributed by atoms with E-state index in [9.17, 15) is 0 Å². The lowest BCUT2D eigenvalue weighted by Crippen LogP contribution is -2.10. The maximum Gasteiger partial charge on any atom is -0.00264 e. The third-order valence-electron chi connectivity index (χ3n) is 11.6. The highest BCUT2D eigenvalue weighted by atomic mass is 14.2. The summed E-state index contributed by atoms with van der Waals surface area (Å²) in [5.41, 5.74) is 6.49. The molecule has 11 rings (SSSR count). The molecule has 52 heavy (non-hydrogen) atoms. The van der Waals surface area contributed by atoms with Crippen LogP contribution in [0, 0.1) is 0 Å². The Hall–Kier alpha value is -6.24. The van der Waals surface area contributed by atoms with E-state index in [0.29, 0.717) is 0 Å². The minimum Gasteiger partial charge on any atom is -0.0616 e.